The number of hydrogen-bond acceptors (Lipinski definition) is 12. The van der Waals surface area contributed by atoms with Gasteiger partial charge in [0.25, 0.3) is 0 Å². The van der Waals surface area contributed by atoms with Crippen LogP contribution in [-0.4, -0.2) is 162 Å². The second-order valence-electron chi connectivity index (χ2n) is 27.0. The fourth-order valence-corrected chi connectivity index (χ4v) is 11.0. The van der Waals surface area contributed by atoms with Gasteiger partial charge in [0, 0.05) is 156 Å². The van der Waals surface area contributed by atoms with Gasteiger partial charge in [-0.15, -0.1) is 0 Å². The molecule has 0 saturated carbocycles. The van der Waals surface area contributed by atoms with Crippen molar-refractivity contribution in [3.05, 3.63) is 70.9 Å². The van der Waals surface area contributed by atoms with Gasteiger partial charge in [-0.05, 0) is 26.2 Å². The molecule has 16 heteroatoms. The van der Waals surface area contributed by atoms with Gasteiger partial charge in [0.15, 0.2) is 0 Å². The van der Waals surface area contributed by atoms with Crippen molar-refractivity contribution in [3.63, 3.8) is 0 Å². The van der Waals surface area contributed by atoms with E-state index in [0.717, 1.165) is 131 Å². The first-order valence-corrected chi connectivity index (χ1v) is 28.3. The molecule has 414 valence electrons. The van der Waals surface area contributed by atoms with Gasteiger partial charge in [-0.25, -0.2) is 19.9 Å². The lowest BCUT2D eigenvalue weighted by atomic mass is 9.88. The maximum absolute atomic E-state index is 5.49. The van der Waals surface area contributed by atoms with Crippen molar-refractivity contribution in [1.29, 1.82) is 0 Å². The topological polar surface area (TPSA) is 121 Å². The van der Waals surface area contributed by atoms with Crippen LogP contribution in [-0.2, 0) is 93.0 Å². The molecule has 3 saturated heterocycles. The quantitative estimate of drug-likeness (QED) is 0.178. The van der Waals surface area contributed by atoms with Crippen molar-refractivity contribution >= 4 is 0 Å². The van der Waals surface area contributed by atoms with Crippen LogP contribution in [0.15, 0.2) is 24.8 Å². The highest BCUT2D eigenvalue weighted by atomic mass is 16.5. The number of methoxy groups -OCH3 is 1. The van der Waals surface area contributed by atoms with E-state index in [2.05, 4.69) is 160 Å². The van der Waals surface area contributed by atoms with E-state index < -0.39 is 0 Å². The predicted molar refractivity (Wildman–Crippen MR) is 294 cm³/mol. The van der Waals surface area contributed by atoms with Crippen molar-refractivity contribution < 1.29 is 18.9 Å². The number of fused-ring (bicyclic) bond motifs is 4. The van der Waals surface area contributed by atoms with Crippen molar-refractivity contribution in [2.75, 3.05) is 86.1 Å². The first-order valence-electron chi connectivity index (χ1n) is 28.3. The SMILES string of the molecule is CC(C)(C)c1cn2c(n1)CN(C1CCOC1)CC2.CC(C)(C)c1cn2c(n1)CN(C1CCOCC1)CC2.CC1(CN2CCn3cc(C(C)(C)C)nc3C2)COC1.COCC(C)N1CCn2cc(C(C)(C)C)nc2C1. The minimum atomic E-state index is 0.132. The first-order chi connectivity index (χ1) is 34.8. The smallest absolute Gasteiger partial charge is 0.123 e. The summed E-state index contributed by atoms with van der Waals surface area (Å²) in [5, 5.41) is 0. The van der Waals surface area contributed by atoms with E-state index in [1.54, 1.807) is 7.11 Å². The average molecular weight is 1030 g/mol. The van der Waals surface area contributed by atoms with Crippen LogP contribution >= 0.6 is 0 Å². The summed E-state index contributed by atoms with van der Waals surface area (Å²) in [6, 6.07) is 1.75. The maximum Gasteiger partial charge on any atom is 0.123 e. The van der Waals surface area contributed by atoms with E-state index in [1.807, 2.05) is 0 Å². The summed E-state index contributed by atoms with van der Waals surface area (Å²) in [5.74, 6) is 4.87. The summed E-state index contributed by atoms with van der Waals surface area (Å²) >= 11 is 0. The van der Waals surface area contributed by atoms with Crippen LogP contribution in [0.2, 0.25) is 0 Å². The summed E-state index contributed by atoms with van der Waals surface area (Å²) in [5.41, 5.74) is 5.76. The Morgan fingerprint density at radius 1 is 0.527 bits per heavy atom. The van der Waals surface area contributed by atoms with Crippen molar-refractivity contribution in [1.82, 2.24) is 57.8 Å². The number of imidazole rings is 4. The fourth-order valence-electron chi connectivity index (χ4n) is 11.0. The van der Waals surface area contributed by atoms with Crippen molar-refractivity contribution in [3.8, 4) is 0 Å². The molecular weight excluding hydrogens is 929 g/mol. The van der Waals surface area contributed by atoms with Gasteiger partial charge in [0.05, 0.1) is 75.4 Å². The van der Waals surface area contributed by atoms with Crippen molar-refractivity contribution in [2.45, 2.75) is 208 Å². The molecule has 4 aromatic rings. The molecule has 74 heavy (non-hydrogen) atoms. The lowest BCUT2D eigenvalue weighted by Crippen LogP contribution is -2.50. The van der Waals surface area contributed by atoms with E-state index in [1.165, 1.54) is 65.3 Å². The van der Waals surface area contributed by atoms with Crippen LogP contribution in [0.3, 0.4) is 0 Å². The monoisotopic (exact) mass is 1030 g/mol. The largest absolute Gasteiger partial charge is 0.383 e. The Labute approximate surface area is 445 Å². The van der Waals surface area contributed by atoms with E-state index in [-0.39, 0.29) is 21.7 Å². The zero-order valence-corrected chi connectivity index (χ0v) is 48.8. The second kappa shape index (κ2) is 23.2. The number of rotatable bonds is 7. The number of aromatic nitrogens is 8. The van der Waals surface area contributed by atoms with Gasteiger partial charge in [-0.1, -0.05) is 90.0 Å². The zero-order chi connectivity index (χ0) is 53.2. The standard InChI is InChI=1S/2C15H25N3O.C14H23N3O.C14H25N3O/c1-15(2,3)13-10-18-7-6-17(11-14(18)16-13)12-4-8-19-9-5-12;1-14(2,3)12-7-18-6-5-17(8-13(18)16-12)9-15(4)10-19-11-15;1-14(2,3)12-8-17-6-5-16(9-13(17)15-12)11-4-7-18-10-11;1-11(10-18-5)16-6-7-17-8-12(14(2,3)4)15-13(17)9-16/h10,12H,4-9,11H2,1-3H3;7H,5-6,8-11H2,1-4H3;8,11H,4-7,9-10H2,1-3H3;8,11H,6-7,9-10H2,1-5H3. The summed E-state index contributed by atoms with van der Waals surface area (Å²) in [6.07, 6.45) is 12.5. The van der Waals surface area contributed by atoms with Crippen LogP contribution < -0.4 is 0 Å². The van der Waals surface area contributed by atoms with Gasteiger partial charge in [0.1, 0.15) is 23.3 Å². The predicted octanol–water partition coefficient (Wildman–Crippen LogP) is 8.02. The highest BCUT2D eigenvalue weighted by molar-refractivity contribution is 5.18. The van der Waals surface area contributed by atoms with Gasteiger partial charge in [0.2, 0.25) is 0 Å². The molecule has 11 heterocycles. The van der Waals surface area contributed by atoms with E-state index in [4.69, 9.17) is 38.9 Å². The Hall–Kier alpha value is -3.48. The van der Waals surface area contributed by atoms with Gasteiger partial charge < -0.3 is 37.2 Å². The van der Waals surface area contributed by atoms with Crippen LogP contribution in [0, 0.1) is 5.41 Å². The summed E-state index contributed by atoms with van der Waals surface area (Å²) in [7, 11) is 1.76. The fraction of sp³-hybridized carbons (Fsp3) is 0.793. The number of nitrogens with zero attached hydrogens (tertiary/aromatic N) is 12. The highest BCUT2D eigenvalue weighted by Crippen LogP contribution is 2.31. The lowest BCUT2D eigenvalue weighted by molar-refractivity contribution is -0.117. The van der Waals surface area contributed by atoms with Crippen molar-refractivity contribution in [2.24, 2.45) is 5.41 Å². The third kappa shape index (κ3) is 14.4. The van der Waals surface area contributed by atoms with Crippen LogP contribution in [0.5, 0.6) is 0 Å². The highest BCUT2D eigenvalue weighted by Gasteiger charge is 2.37. The van der Waals surface area contributed by atoms with Gasteiger partial charge in [-0.2, -0.15) is 0 Å². The van der Waals surface area contributed by atoms with E-state index in [9.17, 15) is 0 Å². The molecular formula is C58H98N12O4. The van der Waals surface area contributed by atoms with Gasteiger partial charge in [-0.3, -0.25) is 19.6 Å². The Morgan fingerprint density at radius 3 is 1.35 bits per heavy atom. The Morgan fingerprint density at radius 2 is 0.932 bits per heavy atom. The van der Waals surface area contributed by atoms with E-state index >= 15 is 0 Å². The summed E-state index contributed by atoms with van der Waals surface area (Å²) in [4.78, 5) is 29.4. The molecule has 0 aliphatic carbocycles. The van der Waals surface area contributed by atoms with Crippen LogP contribution in [0.1, 0.15) is 162 Å². The van der Waals surface area contributed by atoms with E-state index in [0.29, 0.717) is 23.5 Å². The first kappa shape index (κ1) is 56.7. The molecule has 3 fully saturated rings. The van der Waals surface area contributed by atoms with Crippen LogP contribution in [0.4, 0.5) is 0 Å². The molecule has 7 aliphatic heterocycles. The molecule has 2 unspecified atom stereocenters. The molecule has 0 aromatic carbocycles. The Bertz CT molecular complexity index is 2410. The van der Waals surface area contributed by atoms with Crippen LogP contribution in [0.25, 0.3) is 0 Å². The molecule has 0 radical (unpaired) electrons. The third-order valence-corrected chi connectivity index (χ3v) is 16.1. The molecule has 7 aliphatic rings. The average Bonchev–Trinajstić information content (AvgIpc) is 4.19. The maximum atomic E-state index is 5.49. The normalized spacial score (nSPS) is 22.4. The third-order valence-electron chi connectivity index (χ3n) is 16.1. The molecule has 0 N–H and O–H groups in total. The second-order valence-corrected chi connectivity index (χ2v) is 27.0. The number of hydrogen-bond donors (Lipinski definition) is 0. The molecule has 0 spiro atoms. The molecule has 11 rings (SSSR count). The molecule has 4 aromatic heterocycles. The Balaban J connectivity index is 0.000000131. The summed E-state index contributed by atoms with van der Waals surface area (Å²) < 4.78 is 30.8. The van der Waals surface area contributed by atoms with Gasteiger partial charge >= 0.3 is 0 Å². The molecule has 2 atom stereocenters. The molecule has 0 bridgehead atoms. The minimum absolute atomic E-state index is 0.132. The molecule has 0 amide bonds. The Kier molecular flexibility index (Phi) is 17.8. The lowest BCUT2D eigenvalue weighted by Gasteiger charge is -2.42. The molecule has 16 nitrogen and oxygen atoms in total. The number of ether oxygens (including phenoxy) is 4. The zero-order valence-electron chi connectivity index (χ0n) is 48.8. The minimum Gasteiger partial charge on any atom is -0.383 e. The summed E-state index contributed by atoms with van der Waals surface area (Å²) in [6.45, 7) is 51.2.